The van der Waals surface area contributed by atoms with Gasteiger partial charge in [0.2, 0.25) is 0 Å². The summed E-state index contributed by atoms with van der Waals surface area (Å²) in [5, 5.41) is 3.72. The summed E-state index contributed by atoms with van der Waals surface area (Å²) in [5.41, 5.74) is 6.61. The van der Waals surface area contributed by atoms with Crippen LogP contribution in [0.5, 0.6) is 5.75 Å². The van der Waals surface area contributed by atoms with Crippen LogP contribution in [0.4, 0.5) is 0 Å². The van der Waals surface area contributed by atoms with Crippen molar-refractivity contribution in [3.05, 3.63) is 71.9 Å². The van der Waals surface area contributed by atoms with Gasteiger partial charge in [0.1, 0.15) is 5.75 Å². The summed E-state index contributed by atoms with van der Waals surface area (Å²) in [6.45, 7) is 3.97. The minimum atomic E-state index is -0.583. The molecule has 0 aliphatic heterocycles. The molecule has 28 heavy (non-hydrogen) atoms. The van der Waals surface area contributed by atoms with Crippen molar-refractivity contribution in [3.8, 4) is 17.1 Å². The van der Waals surface area contributed by atoms with Gasteiger partial charge in [-0.3, -0.25) is 20.4 Å². The number of nitrogens with one attached hydrogen (secondary N) is 2. The van der Waals surface area contributed by atoms with Crippen molar-refractivity contribution in [1.29, 1.82) is 0 Å². The zero-order valence-corrected chi connectivity index (χ0v) is 15.6. The average Bonchev–Trinajstić information content (AvgIpc) is 3.22. The smallest absolute Gasteiger partial charge is 0.291 e. The van der Waals surface area contributed by atoms with E-state index < -0.39 is 11.8 Å². The van der Waals surface area contributed by atoms with Crippen LogP contribution in [0.3, 0.4) is 0 Å². The number of amides is 2. The monoisotopic (exact) mass is 379 g/mol. The molecule has 0 saturated carbocycles. The first-order valence-corrected chi connectivity index (χ1v) is 8.87. The second kappa shape index (κ2) is 8.85. The van der Waals surface area contributed by atoms with Crippen molar-refractivity contribution in [2.45, 2.75) is 19.8 Å². The standard InChI is InChI=1S/C21H21N3O4/c1-14(2)15-8-10-17(11-9-15)27-13-20(25)22-23-21(26)18-12-19(28-24-18)16-6-4-3-5-7-16/h3-12,14H,13H2,1-2H3,(H,22,25)(H,23,26). The minimum Gasteiger partial charge on any atom is -0.484 e. The molecular formula is C21H21N3O4. The third kappa shape index (κ3) is 4.97. The Labute approximate surface area is 162 Å². The summed E-state index contributed by atoms with van der Waals surface area (Å²) in [5.74, 6) is 0.389. The van der Waals surface area contributed by atoms with E-state index in [1.54, 1.807) is 0 Å². The molecule has 1 heterocycles. The molecule has 3 rings (SSSR count). The van der Waals surface area contributed by atoms with Gasteiger partial charge >= 0.3 is 0 Å². The van der Waals surface area contributed by atoms with Crippen molar-refractivity contribution < 1.29 is 18.8 Å². The van der Waals surface area contributed by atoms with Gasteiger partial charge in [0.25, 0.3) is 11.8 Å². The predicted molar refractivity (Wildman–Crippen MR) is 104 cm³/mol. The first-order chi connectivity index (χ1) is 13.5. The first-order valence-electron chi connectivity index (χ1n) is 8.87. The number of hydrogen-bond donors (Lipinski definition) is 2. The quantitative estimate of drug-likeness (QED) is 0.641. The molecule has 0 unspecified atom stereocenters. The molecule has 0 aliphatic carbocycles. The largest absolute Gasteiger partial charge is 0.484 e. The van der Waals surface area contributed by atoms with Crippen LogP contribution in [0.25, 0.3) is 11.3 Å². The Hall–Kier alpha value is -3.61. The van der Waals surface area contributed by atoms with Gasteiger partial charge in [-0.15, -0.1) is 0 Å². The van der Waals surface area contributed by atoms with Crippen LogP contribution < -0.4 is 15.6 Å². The lowest BCUT2D eigenvalue weighted by Crippen LogP contribution is -2.43. The van der Waals surface area contributed by atoms with Gasteiger partial charge in [0.05, 0.1) is 0 Å². The van der Waals surface area contributed by atoms with E-state index in [4.69, 9.17) is 9.26 Å². The van der Waals surface area contributed by atoms with Gasteiger partial charge in [-0.25, -0.2) is 0 Å². The molecule has 0 spiro atoms. The fraction of sp³-hybridized carbons (Fsp3) is 0.190. The lowest BCUT2D eigenvalue weighted by molar-refractivity contribution is -0.123. The van der Waals surface area contributed by atoms with Crippen LogP contribution >= 0.6 is 0 Å². The number of rotatable bonds is 6. The molecule has 1 aromatic heterocycles. The summed E-state index contributed by atoms with van der Waals surface area (Å²) in [6, 6.07) is 18.3. The maximum Gasteiger partial charge on any atom is 0.291 e. The van der Waals surface area contributed by atoms with E-state index in [1.807, 2.05) is 54.6 Å². The van der Waals surface area contributed by atoms with Crippen molar-refractivity contribution in [2.24, 2.45) is 0 Å². The molecule has 0 saturated heterocycles. The number of carbonyl (C=O) groups excluding carboxylic acids is 2. The third-order valence-corrected chi connectivity index (χ3v) is 4.03. The molecule has 7 nitrogen and oxygen atoms in total. The Morgan fingerprint density at radius 2 is 1.75 bits per heavy atom. The summed E-state index contributed by atoms with van der Waals surface area (Å²) in [6.07, 6.45) is 0. The summed E-state index contributed by atoms with van der Waals surface area (Å²) in [7, 11) is 0. The van der Waals surface area contributed by atoms with Crippen molar-refractivity contribution in [1.82, 2.24) is 16.0 Å². The fourth-order valence-electron chi connectivity index (χ4n) is 2.45. The zero-order valence-electron chi connectivity index (χ0n) is 15.6. The first kappa shape index (κ1) is 19.2. The second-order valence-corrected chi connectivity index (χ2v) is 6.46. The molecule has 0 atom stereocenters. The molecule has 2 N–H and O–H groups in total. The van der Waals surface area contributed by atoms with E-state index in [0.29, 0.717) is 17.4 Å². The Balaban J connectivity index is 1.46. The highest BCUT2D eigenvalue weighted by Crippen LogP contribution is 2.20. The molecule has 0 fully saturated rings. The number of ether oxygens (including phenoxy) is 1. The van der Waals surface area contributed by atoms with Gasteiger partial charge in [-0.1, -0.05) is 61.5 Å². The van der Waals surface area contributed by atoms with Crippen LogP contribution in [-0.4, -0.2) is 23.6 Å². The SMILES string of the molecule is CC(C)c1ccc(OCC(=O)NNC(=O)c2cc(-c3ccccc3)on2)cc1. The summed E-state index contributed by atoms with van der Waals surface area (Å²) in [4.78, 5) is 23.9. The van der Waals surface area contributed by atoms with Crippen LogP contribution in [0.1, 0.15) is 35.8 Å². The zero-order chi connectivity index (χ0) is 19.9. The third-order valence-electron chi connectivity index (χ3n) is 4.03. The number of hydrazine groups is 1. The van der Waals surface area contributed by atoms with Crippen molar-refractivity contribution in [3.63, 3.8) is 0 Å². The highest BCUT2D eigenvalue weighted by molar-refractivity contribution is 5.94. The van der Waals surface area contributed by atoms with E-state index in [0.717, 1.165) is 5.56 Å². The van der Waals surface area contributed by atoms with Gasteiger partial charge in [-0.2, -0.15) is 0 Å². The normalized spacial score (nSPS) is 10.5. The predicted octanol–water partition coefficient (Wildman–Crippen LogP) is 3.31. The molecule has 0 bridgehead atoms. The second-order valence-electron chi connectivity index (χ2n) is 6.46. The van der Waals surface area contributed by atoms with E-state index >= 15 is 0 Å². The lowest BCUT2D eigenvalue weighted by atomic mass is 10.0. The highest BCUT2D eigenvalue weighted by atomic mass is 16.5. The van der Waals surface area contributed by atoms with Crippen LogP contribution in [0, 0.1) is 0 Å². The number of benzene rings is 2. The minimum absolute atomic E-state index is 0.0596. The van der Waals surface area contributed by atoms with E-state index in [9.17, 15) is 9.59 Å². The molecular weight excluding hydrogens is 358 g/mol. The Morgan fingerprint density at radius 1 is 1.04 bits per heavy atom. The molecule has 2 aromatic carbocycles. The topological polar surface area (TPSA) is 93.5 Å². The summed E-state index contributed by atoms with van der Waals surface area (Å²) >= 11 is 0. The molecule has 3 aromatic rings. The van der Waals surface area contributed by atoms with Crippen LogP contribution in [-0.2, 0) is 4.79 Å². The average molecular weight is 379 g/mol. The molecule has 144 valence electrons. The summed E-state index contributed by atoms with van der Waals surface area (Å²) < 4.78 is 10.6. The molecule has 7 heteroatoms. The number of nitrogens with zero attached hydrogens (tertiary/aromatic N) is 1. The number of aromatic nitrogens is 1. The van der Waals surface area contributed by atoms with E-state index in [1.165, 1.54) is 11.6 Å². The lowest BCUT2D eigenvalue weighted by Gasteiger charge is -2.09. The van der Waals surface area contributed by atoms with E-state index in [-0.39, 0.29) is 12.3 Å². The molecule has 2 amide bonds. The molecule has 0 radical (unpaired) electrons. The van der Waals surface area contributed by atoms with Gasteiger partial charge in [-0.05, 0) is 23.6 Å². The Bertz CT molecular complexity index is 934. The van der Waals surface area contributed by atoms with Crippen LogP contribution in [0.2, 0.25) is 0 Å². The van der Waals surface area contributed by atoms with Gasteiger partial charge < -0.3 is 9.26 Å². The molecule has 0 aliphatic rings. The fourth-order valence-corrected chi connectivity index (χ4v) is 2.45. The number of hydrogen-bond acceptors (Lipinski definition) is 5. The van der Waals surface area contributed by atoms with E-state index in [2.05, 4.69) is 29.9 Å². The van der Waals surface area contributed by atoms with Gasteiger partial charge in [0.15, 0.2) is 18.1 Å². The van der Waals surface area contributed by atoms with Gasteiger partial charge in [0, 0.05) is 11.6 Å². The highest BCUT2D eigenvalue weighted by Gasteiger charge is 2.14. The van der Waals surface area contributed by atoms with Crippen LogP contribution in [0.15, 0.2) is 65.2 Å². The maximum atomic E-state index is 12.1. The van der Waals surface area contributed by atoms with Crippen molar-refractivity contribution in [2.75, 3.05) is 6.61 Å². The maximum absolute atomic E-state index is 12.1. The number of carbonyl (C=O) groups is 2. The Kier molecular flexibility index (Phi) is 6.06. The van der Waals surface area contributed by atoms with Crippen molar-refractivity contribution >= 4 is 11.8 Å². The Morgan fingerprint density at radius 3 is 2.43 bits per heavy atom.